The minimum atomic E-state index is -0.207. The molecule has 2 N–H and O–H groups in total. The smallest absolute Gasteiger partial charge is 0.255 e. The lowest BCUT2D eigenvalue weighted by Crippen LogP contribution is -2.34. The van der Waals surface area contributed by atoms with Crippen LogP contribution in [0.5, 0.6) is 5.75 Å². The molecule has 0 heterocycles. The van der Waals surface area contributed by atoms with Crippen LogP contribution in [0.2, 0.25) is 5.02 Å². The Bertz CT molecular complexity index is 460. The van der Waals surface area contributed by atoms with Gasteiger partial charge in [0.25, 0.3) is 5.91 Å². The largest absolute Gasteiger partial charge is 0.496 e. The fourth-order valence-electron chi connectivity index (χ4n) is 1.92. The fourth-order valence-corrected chi connectivity index (χ4v) is 2.09. The molecule has 20 heavy (non-hydrogen) atoms. The van der Waals surface area contributed by atoms with Gasteiger partial charge in [0.1, 0.15) is 5.75 Å². The summed E-state index contributed by atoms with van der Waals surface area (Å²) in [6, 6.07) is 4.95. The lowest BCUT2D eigenvalue weighted by atomic mass is 9.88. The number of aliphatic hydroxyl groups excluding tert-OH is 1. The number of rotatable bonds is 7. The van der Waals surface area contributed by atoms with Crippen LogP contribution in [0.4, 0.5) is 0 Å². The summed E-state index contributed by atoms with van der Waals surface area (Å²) in [5.41, 5.74) is 0.363. The van der Waals surface area contributed by atoms with Crippen LogP contribution in [0.1, 0.15) is 37.0 Å². The van der Waals surface area contributed by atoms with E-state index in [0.29, 0.717) is 22.9 Å². The van der Waals surface area contributed by atoms with Gasteiger partial charge >= 0.3 is 0 Å². The number of halogens is 1. The molecule has 0 aliphatic rings. The van der Waals surface area contributed by atoms with Gasteiger partial charge in [-0.25, -0.2) is 0 Å². The van der Waals surface area contributed by atoms with Crippen molar-refractivity contribution in [1.29, 1.82) is 0 Å². The summed E-state index contributed by atoms with van der Waals surface area (Å²) in [5, 5.41) is 12.3. The van der Waals surface area contributed by atoms with E-state index >= 15 is 0 Å². The number of ether oxygens (including phenoxy) is 1. The zero-order valence-electron chi connectivity index (χ0n) is 12.2. The van der Waals surface area contributed by atoms with E-state index in [1.807, 2.05) is 0 Å². The molecule has 1 rings (SSSR count). The summed E-state index contributed by atoms with van der Waals surface area (Å²) < 4.78 is 5.17. The van der Waals surface area contributed by atoms with Crippen LogP contribution in [0.15, 0.2) is 18.2 Å². The van der Waals surface area contributed by atoms with Crippen molar-refractivity contribution in [3.05, 3.63) is 28.8 Å². The van der Waals surface area contributed by atoms with Gasteiger partial charge in [-0.15, -0.1) is 0 Å². The second-order valence-electron chi connectivity index (χ2n) is 5.52. The van der Waals surface area contributed by atoms with Crippen LogP contribution in [0.3, 0.4) is 0 Å². The molecule has 0 aromatic heterocycles. The van der Waals surface area contributed by atoms with Crippen LogP contribution < -0.4 is 10.1 Å². The van der Waals surface area contributed by atoms with Gasteiger partial charge in [-0.05, 0) is 36.5 Å². The summed E-state index contributed by atoms with van der Waals surface area (Å²) in [6.45, 7) is 4.80. The van der Waals surface area contributed by atoms with Gasteiger partial charge in [-0.2, -0.15) is 0 Å². The van der Waals surface area contributed by atoms with Crippen molar-refractivity contribution < 1.29 is 14.6 Å². The van der Waals surface area contributed by atoms with Gasteiger partial charge in [0.2, 0.25) is 0 Å². The molecule has 4 nitrogen and oxygen atoms in total. The van der Waals surface area contributed by atoms with E-state index in [4.69, 9.17) is 21.4 Å². The summed E-state index contributed by atoms with van der Waals surface area (Å²) in [4.78, 5) is 12.2. The Kier molecular flexibility index (Phi) is 6.30. The highest BCUT2D eigenvalue weighted by atomic mass is 35.5. The number of hydrogen-bond acceptors (Lipinski definition) is 3. The van der Waals surface area contributed by atoms with E-state index in [9.17, 15) is 4.79 Å². The molecule has 1 amide bonds. The summed E-state index contributed by atoms with van der Waals surface area (Å²) in [6.07, 6.45) is 1.57. The fraction of sp³-hybridized carbons (Fsp3) is 0.533. The Morgan fingerprint density at radius 1 is 1.45 bits per heavy atom. The number of hydrogen-bond donors (Lipinski definition) is 2. The van der Waals surface area contributed by atoms with Crippen molar-refractivity contribution in [2.75, 3.05) is 20.3 Å². The molecule has 0 spiro atoms. The predicted octanol–water partition coefficient (Wildman–Crippen LogP) is 2.88. The van der Waals surface area contributed by atoms with Gasteiger partial charge in [-0.3, -0.25) is 4.79 Å². The molecule has 0 aliphatic heterocycles. The van der Waals surface area contributed by atoms with E-state index in [-0.39, 0.29) is 17.9 Å². The summed E-state index contributed by atoms with van der Waals surface area (Å²) in [5.74, 6) is 0.293. The third-order valence-electron chi connectivity index (χ3n) is 3.15. The van der Waals surface area contributed by atoms with Crippen molar-refractivity contribution in [1.82, 2.24) is 5.32 Å². The van der Waals surface area contributed by atoms with E-state index in [2.05, 4.69) is 19.2 Å². The second kappa shape index (κ2) is 7.50. The standard InChI is InChI=1S/C15H22ClNO3/c1-15(2,7-4-8-18)10-17-14(19)12-9-11(16)5-6-13(12)20-3/h5-6,9,18H,4,7-8,10H2,1-3H3,(H,17,19). The normalized spacial score (nSPS) is 11.2. The van der Waals surface area contributed by atoms with Crippen LogP contribution in [0, 0.1) is 5.41 Å². The zero-order chi connectivity index (χ0) is 15.2. The van der Waals surface area contributed by atoms with E-state index in [1.54, 1.807) is 18.2 Å². The third-order valence-corrected chi connectivity index (χ3v) is 3.38. The van der Waals surface area contributed by atoms with Crippen molar-refractivity contribution >= 4 is 17.5 Å². The van der Waals surface area contributed by atoms with E-state index < -0.39 is 0 Å². The Morgan fingerprint density at radius 3 is 2.75 bits per heavy atom. The highest BCUT2D eigenvalue weighted by Gasteiger charge is 2.20. The quantitative estimate of drug-likeness (QED) is 0.814. The molecule has 1 aromatic carbocycles. The Hall–Kier alpha value is -1.26. The zero-order valence-corrected chi connectivity index (χ0v) is 13.0. The molecular formula is C15H22ClNO3. The molecule has 0 bridgehead atoms. The number of carbonyl (C=O) groups excluding carboxylic acids is 1. The van der Waals surface area contributed by atoms with Crippen molar-refractivity contribution in [3.8, 4) is 5.75 Å². The SMILES string of the molecule is COc1ccc(Cl)cc1C(=O)NCC(C)(C)CCCO. The molecule has 5 heteroatoms. The van der Waals surface area contributed by atoms with Gasteiger partial charge in [0.05, 0.1) is 12.7 Å². The predicted molar refractivity (Wildman–Crippen MR) is 80.4 cm³/mol. The molecule has 0 fully saturated rings. The lowest BCUT2D eigenvalue weighted by molar-refractivity contribution is 0.0930. The molecule has 0 radical (unpaired) electrons. The number of carbonyl (C=O) groups is 1. The Labute approximate surface area is 125 Å². The molecular weight excluding hydrogens is 278 g/mol. The number of benzene rings is 1. The first-order valence-electron chi connectivity index (χ1n) is 6.62. The maximum atomic E-state index is 12.2. The molecule has 1 aromatic rings. The Morgan fingerprint density at radius 2 is 2.15 bits per heavy atom. The topological polar surface area (TPSA) is 58.6 Å². The van der Waals surface area contributed by atoms with Crippen LogP contribution in [-0.2, 0) is 0 Å². The maximum absolute atomic E-state index is 12.2. The first-order chi connectivity index (χ1) is 9.39. The monoisotopic (exact) mass is 299 g/mol. The van der Waals surface area contributed by atoms with Crippen molar-refractivity contribution in [2.45, 2.75) is 26.7 Å². The first-order valence-corrected chi connectivity index (χ1v) is 7.00. The number of aliphatic hydroxyl groups is 1. The molecule has 112 valence electrons. The summed E-state index contributed by atoms with van der Waals surface area (Å²) >= 11 is 5.91. The average molecular weight is 300 g/mol. The van der Waals surface area contributed by atoms with Crippen molar-refractivity contribution in [3.63, 3.8) is 0 Å². The minimum Gasteiger partial charge on any atom is -0.496 e. The Balaban J connectivity index is 2.69. The summed E-state index contributed by atoms with van der Waals surface area (Å²) in [7, 11) is 1.52. The van der Waals surface area contributed by atoms with Crippen LogP contribution in [0.25, 0.3) is 0 Å². The van der Waals surface area contributed by atoms with Crippen LogP contribution >= 0.6 is 11.6 Å². The molecule has 0 aliphatic carbocycles. The highest BCUT2D eigenvalue weighted by Crippen LogP contribution is 2.24. The van der Waals surface area contributed by atoms with E-state index in [1.165, 1.54) is 7.11 Å². The van der Waals surface area contributed by atoms with E-state index in [0.717, 1.165) is 12.8 Å². The second-order valence-corrected chi connectivity index (χ2v) is 5.96. The molecule has 0 unspecified atom stereocenters. The molecule has 0 saturated heterocycles. The lowest BCUT2D eigenvalue weighted by Gasteiger charge is -2.24. The maximum Gasteiger partial charge on any atom is 0.255 e. The number of amides is 1. The van der Waals surface area contributed by atoms with Gasteiger partial charge in [0.15, 0.2) is 0 Å². The minimum absolute atomic E-state index is 0.0653. The highest BCUT2D eigenvalue weighted by molar-refractivity contribution is 6.31. The number of nitrogens with one attached hydrogen (secondary N) is 1. The van der Waals surface area contributed by atoms with Crippen molar-refractivity contribution in [2.24, 2.45) is 5.41 Å². The molecule has 0 atom stereocenters. The van der Waals surface area contributed by atoms with Crippen LogP contribution in [-0.4, -0.2) is 31.3 Å². The third kappa shape index (κ3) is 5.02. The molecule has 0 saturated carbocycles. The average Bonchev–Trinajstić information content (AvgIpc) is 2.42. The van der Waals surface area contributed by atoms with Gasteiger partial charge in [-0.1, -0.05) is 25.4 Å². The number of methoxy groups -OCH3 is 1. The first kappa shape index (κ1) is 16.8. The van der Waals surface area contributed by atoms with Gasteiger partial charge in [0, 0.05) is 18.2 Å². The van der Waals surface area contributed by atoms with Gasteiger partial charge < -0.3 is 15.2 Å².